The first kappa shape index (κ1) is 18.7. The molecule has 1 fully saturated rings. The van der Waals surface area contributed by atoms with Crippen molar-refractivity contribution in [3.8, 4) is 0 Å². The summed E-state index contributed by atoms with van der Waals surface area (Å²) >= 11 is 0.374. The van der Waals surface area contributed by atoms with Crippen LogP contribution < -0.4 is 4.46 Å². The van der Waals surface area contributed by atoms with E-state index in [4.69, 9.17) is 4.74 Å². The van der Waals surface area contributed by atoms with E-state index in [2.05, 4.69) is 61.5 Å². The van der Waals surface area contributed by atoms with Gasteiger partial charge in [0.05, 0.1) is 0 Å². The molecule has 0 aromatic heterocycles. The third-order valence-electron chi connectivity index (χ3n) is 4.79. The maximum absolute atomic E-state index is 10.5. The van der Waals surface area contributed by atoms with Crippen LogP contribution in [-0.2, 0) is 4.74 Å². The van der Waals surface area contributed by atoms with E-state index in [0.29, 0.717) is 26.2 Å². The third kappa shape index (κ3) is 5.42. The van der Waals surface area contributed by atoms with E-state index in [9.17, 15) is 5.11 Å². The normalized spacial score (nSPS) is 24.8. The average molecular weight is 403 g/mol. The number of hydrogen-bond donors (Lipinski definition) is 1. The molecule has 1 aliphatic rings. The first-order chi connectivity index (χ1) is 12.3. The Morgan fingerprint density at radius 2 is 1.72 bits per heavy atom. The molecule has 2 nitrogen and oxygen atoms in total. The summed E-state index contributed by atoms with van der Waals surface area (Å²) in [5, 5.41) is 10.5. The number of unbranched alkanes of at least 4 members (excludes halogenated alkanes) is 1. The Bertz CT molecular complexity index is 616. The molecule has 4 atom stereocenters. The Kier molecular flexibility index (Phi) is 7.12. The van der Waals surface area contributed by atoms with E-state index < -0.39 is 0 Å². The van der Waals surface area contributed by atoms with Gasteiger partial charge in [0.25, 0.3) is 0 Å². The molecule has 1 heterocycles. The van der Waals surface area contributed by atoms with Crippen LogP contribution in [0, 0.1) is 0 Å². The monoisotopic (exact) mass is 404 g/mol. The molecular formula is C22H28O2Se. The van der Waals surface area contributed by atoms with Crippen molar-refractivity contribution in [3.05, 3.63) is 66.2 Å². The van der Waals surface area contributed by atoms with E-state index in [1.807, 2.05) is 6.07 Å². The van der Waals surface area contributed by atoms with Crippen molar-refractivity contribution in [2.75, 3.05) is 0 Å². The van der Waals surface area contributed by atoms with E-state index >= 15 is 0 Å². The van der Waals surface area contributed by atoms with Crippen LogP contribution in [0.4, 0.5) is 0 Å². The van der Waals surface area contributed by atoms with Gasteiger partial charge < -0.3 is 0 Å². The molecule has 1 saturated heterocycles. The SMILES string of the molecule is CCCC[C@H]([Se]c1ccccc1)[C@@H]1C[C@H](O)C[C@H](c2ccccc2)O1. The zero-order chi connectivity index (χ0) is 17.5. The number of hydrogen-bond acceptors (Lipinski definition) is 2. The quantitative estimate of drug-likeness (QED) is 0.700. The van der Waals surface area contributed by atoms with Crippen LogP contribution in [0.15, 0.2) is 60.7 Å². The summed E-state index contributed by atoms with van der Waals surface area (Å²) in [4.78, 5) is 0.524. The van der Waals surface area contributed by atoms with Crippen molar-refractivity contribution < 1.29 is 9.84 Å². The van der Waals surface area contributed by atoms with E-state index in [1.165, 1.54) is 29.3 Å². The van der Waals surface area contributed by atoms with Crippen molar-refractivity contribution in [2.24, 2.45) is 0 Å². The fraction of sp³-hybridized carbons (Fsp3) is 0.455. The van der Waals surface area contributed by atoms with Gasteiger partial charge >= 0.3 is 158 Å². The van der Waals surface area contributed by atoms with Gasteiger partial charge in [-0.1, -0.05) is 0 Å². The second kappa shape index (κ2) is 9.54. The molecule has 0 spiro atoms. The van der Waals surface area contributed by atoms with Gasteiger partial charge in [-0.2, -0.15) is 0 Å². The number of ether oxygens (including phenoxy) is 1. The first-order valence-electron chi connectivity index (χ1n) is 9.36. The van der Waals surface area contributed by atoms with Gasteiger partial charge in [-0.05, 0) is 0 Å². The summed E-state index contributed by atoms with van der Waals surface area (Å²) in [5.74, 6) is 0. The first-order valence-corrected chi connectivity index (χ1v) is 11.2. The van der Waals surface area contributed by atoms with Crippen LogP contribution in [0.5, 0.6) is 0 Å². The Balaban J connectivity index is 1.74. The van der Waals surface area contributed by atoms with Gasteiger partial charge in [0.1, 0.15) is 0 Å². The maximum atomic E-state index is 10.5. The van der Waals surface area contributed by atoms with E-state index in [0.717, 1.165) is 6.42 Å². The second-order valence-corrected chi connectivity index (χ2v) is 9.56. The molecule has 2 aromatic carbocycles. The van der Waals surface area contributed by atoms with Crippen LogP contribution in [0.1, 0.15) is 50.7 Å². The number of benzene rings is 2. The summed E-state index contributed by atoms with van der Waals surface area (Å²) in [6.45, 7) is 2.25. The molecule has 1 N–H and O–H groups in total. The number of rotatable bonds is 7. The predicted molar refractivity (Wildman–Crippen MR) is 104 cm³/mol. The Labute approximate surface area is 157 Å². The van der Waals surface area contributed by atoms with Crippen LogP contribution in [-0.4, -0.2) is 32.3 Å². The summed E-state index contributed by atoms with van der Waals surface area (Å²) in [6, 6.07) is 21.1. The second-order valence-electron chi connectivity index (χ2n) is 6.81. The van der Waals surface area contributed by atoms with Gasteiger partial charge in [-0.3, -0.25) is 0 Å². The summed E-state index contributed by atoms with van der Waals surface area (Å²) in [5.41, 5.74) is 1.19. The molecule has 0 amide bonds. The number of aliphatic hydroxyl groups is 1. The Hall–Kier alpha value is -1.12. The number of aliphatic hydroxyl groups excluding tert-OH is 1. The summed E-state index contributed by atoms with van der Waals surface area (Å²) < 4.78 is 7.96. The zero-order valence-electron chi connectivity index (χ0n) is 14.9. The molecular weight excluding hydrogens is 375 g/mol. The van der Waals surface area contributed by atoms with Crippen LogP contribution in [0.25, 0.3) is 0 Å². The summed E-state index contributed by atoms with van der Waals surface area (Å²) in [6.07, 6.45) is 5.01. The molecule has 25 heavy (non-hydrogen) atoms. The van der Waals surface area contributed by atoms with Crippen molar-refractivity contribution in [2.45, 2.75) is 62.2 Å². The molecule has 134 valence electrons. The van der Waals surface area contributed by atoms with Crippen molar-refractivity contribution in [1.82, 2.24) is 0 Å². The fourth-order valence-corrected chi connectivity index (χ4v) is 6.13. The average Bonchev–Trinajstić information content (AvgIpc) is 2.66. The van der Waals surface area contributed by atoms with Crippen molar-refractivity contribution in [1.29, 1.82) is 0 Å². The molecule has 0 radical (unpaired) electrons. The topological polar surface area (TPSA) is 29.5 Å². The molecule has 3 rings (SSSR count). The minimum absolute atomic E-state index is 0.0191. The van der Waals surface area contributed by atoms with E-state index in [1.54, 1.807) is 0 Å². The van der Waals surface area contributed by atoms with Crippen molar-refractivity contribution in [3.63, 3.8) is 0 Å². The Morgan fingerprint density at radius 1 is 1.04 bits per heavy atom. The van der Waals surface area contributed by atoms with Gasteiger partial charge in [-0.15, -0.1) is 0 Å². The third-order valence-corrected chi connectivity index (χ3v) is 7.70. The zero-order valence-corrected chi connectivity index (χ0v) is 16.6. The molecule has 2 aromatic rings. The standard InChI is InChI=1S/C22H28O2Se/c1-2-3-14-22(25-19-12-8-5-9-13-19)21-16-18(23)15-20(24-21)17-10-6-4-7-11-17/h4-13,18,20-23H,2-3,14-16H2,1H3/t18-,20-,21+,22+/m1/s1. The van der Waals surface area contributed by atoms with Gasteiger partial charge in [0, 0.05) is 0 Å². The van der Waals surface area contributed by atoms with Gasteiger partial charge in [0.2, 0.25) is 0 Å². The van der Waals surface area contributed by atoms with Crippen LogP contribution >= 0.6 is 0 Å². The van der Waals surface area contributed by atoms with Crippen molar-refractivity contribution >= 4 is 19.4 Å². The molecule has 0 unspecified atom stereocenters. The van der Waals surface area contributed by atoms with Crippen LogP contribution in [0.3, 0.4) is 0 Å². The predicted octanol–water partition coefficient (Wildman–Crippen LogP) is 4.28. The van der Waals surface area contributed by atoms with Crippen LogP contribution in [0.2, 0.25) is 4.82 Å². The molecule has 0 saturated carbocycles. The molecule has 0 aliphatic carbocycles. The molecule has 0 bridgehead atoms. The Morgan fingerprint density at radius 3 is 2.40 bits per heavy atom. The van der Waals surface area contributed by atoms with E-state index in [-0.39, 0.29) is 18.3 Å². The van der Waals surface area contributed by atoms with Gasteiger partial charge in [0.15, 0.2) is 0 Å². The van der Waals surface area contributed by atoms with Gasteiger partial charge in [-0.25, -0.2) is 0 Å². The summed E-state index contributed by atoms with van der Waals surface area (Å²) in [7, 11) is 0. The minimum atomic E-state index is -0.264. The molecule has 1 aliphatic heterocycles. The fourth-order valence-electron chi connectivity index (χ4n) is 3.46. The molecule has 3 heteroatoms.